The van der Waals surface area contributed by atoms with Gasteiger partial charge in [-0.15, -0.1) is 0 Å². The van der Waals surface area contributed by atoms with Crippen molar-refractivity contribution in [3.8, 4) is 17.1 Å². The second kappa shape index (κ2) is 6.84. The molecule has 0 aliphatic heterocycles. The van der Waals surface area contributed by atoms with E-state index in [-0.39, 0.29) is 11.8 Å². The molecule has 0 saturated carbocycles. The van der Waals surface area contributed by atoms with E-state index in [1.807, 2.05) is 43.3 Å². The van der Waals surface area contributed by atoms with Gasteiger partial charge in [-0.1, -0.05) is 30.7 Å². The van der Waals surface area contributed by atoms with E-state index in [9.17, 15) is 5.11 Å². The normalized spacial score (nSPS) is 12.3. The Morgan fingerprint density at radius 2 is 1.96 bits per heavy atom. The Balaban J connectivity index is 2.11. The zero-order valence-corrected chi connectivity index (χ0v) is 14.0. The fourth-order valence-electron chi connectivity index (χ4n) is 2.53. The van der Waals surface area contributed by atoms with Gasteiger partial charge in [-0.25, -0.2) is 9.97 Å². The van der Waals surface area contributed by atoms with Crippen LogP contribution in [0.3, 0.4) is 0 Å². The van der Waals surface area contributed by atoms with Gasteiger partial charge in [0, 0.05) is 18.0 Å². The monoisotopic (exact) mass is 322 g/mol. The van der Waals surface area contributed by atoms with Gasteiger partial charge >= 0.3 is 0 Å². The minimum atomic E-state index is 0.0644. The molecule has 2 aromatic carbocycles. The van der Waals surface area contributed by atoms with E-state index in [2.05, 4.69) is 22.2 Å². The first-order valence-corrected chi connectivity index (χ1v) is 8.14. The molecule has 0 fully saturated rings. The number of aromatic hydroxyl groups is 1. The molecule has 24 heavy (non-hydrogen) atoms. The molecule has 0 aliphatic carbocycles. The molecule has 5 nitrogen and oxygen atoms in total. The average molecular weight is 322 g/mol. The fraction of sp³-hybridized carbons (Fsp3) is 0.263. The molecule has 0 bridgehead atoms. The number of nitrogens with zero attached hydrogens (tertiary/aromatic N) is 2. The lowest BCUT2D eigenvalue weighted by Crippen LogP contribution is -2.28. The maximum Gasteiger partial charge on any atom is 0.165 e. The van der Waals surface area contributed by atoms with Crippen LogP contribution in [0.15, 0.2) is 42.5 Å². The van der Waals surface area contributed by atoms with E-state index in [1.54, 1.807) is 6.07 Å². The van der Waals surface area contributed by atoms with E-state index in [0.717, 1.165) is 28.7 Å². The Kier molecular flexibility index (Phi) is 4.62. The Labute approximate surface area is 141 Å². The van der Waals surface area contributed by atoms with Gasteiger partial charge in [0.2, 0.25) is 0 Å². The summed E-state index contributed by atoms with van der Waals surface area (Å²) in [6.07, 6.45) is 0.890. The molecule has 5 heteroatoms. The van der Waals surface area contributed by atoms with Crippen molar-refractivity contribution in [1.82, 2.24) is 9.97 Å². The lowest BCUT2D eigenvalue weighted by molar-refractivity contribution is 0.477. The van der Waals surface area contributed by atoms with Crippen LogP contribution < -0.4 is 11.1 Å². The van der Waals surface area contributed by atoms with E-state index in [1.165, 1.54) is 0 Å². The van der Waals surface area contributed by atoms with Crippen LogP contribution in [-0.4, -0.2) is 27.7 Å². The highest BCUT2D eigenvalue weighted by Gasteiger charge is 2.13. The number of nitrogens with two attached hydrogens (primary N) is 1. The number of aromatic nitrogens is 2. The Bertz CT molecular complexity index is 863. The average Bonchev–Trinajstić information content (AvgIpc) is 2.61. The van der Waals surface area contributed by atoms with Gasteiger partial charge in [-0.2, -0.15) is 0 Å². The third-order valence-corrected chi connectivity index (χ3v) is 4.05. The van der Waals surface area contributed by atoms with Gasteiger partial charge in [-0.05, 0) is 37.6 Å². The number of para-hydroxylation sites is 1. The molecule has 1 heterocycles. The van der Waals surface area contributed by atoms with Crippen LogP contribution in [0.4, 0.5) is 5.82 Å². The lowest BCUT2D eigenvalue weighted by atomic mass is 10.1. The van der Waals surface area contributed by atoms with Crippen LogP contribution >= 0.6 is 0 Å². The Morgan fingerprint density at radius 1 is 1.17 bits per heavy atom. The maximum absolute atomic E-state index is 10.2. The minimum Gasteiger partial charge on any atom is -0.507 e. The molecule has 0 aliphatic rings. The summed E-state index contributed by atoms with van der Waals surface area (Å²) in [5, 5.41) is 14.5. The number of benzene rings is 2. The maximum atomic E-state index is 10.2. The summed E-state index contributed by atoms with van der Waals surface area (Å²) in [5.41, 5.74) is 8.51. The highest BCUT2D eigenvalue weighted by atomic mass is 16.3. The number of phenolic OH excluding ortho intramolecular Hbond substituents is 1. The van der Waals surface area contributed by atoms with Gasteiger partial charge in [0.25, 0.3) is 0 Å². The van der Waals surface area contributed by atoms with Gasteiger partial charge < -0.3 is 16.2 Å². The van der Waals surface area contributed by atoms with Gasteiger partial charge in [-0.3, -0.25) is 0 Å². The van der Waals surface area contributed by atoms with Crippen LogP contribution in [0, 0.1) is 6.92 Å². The zero-order valence-electron chi connectivity index (χ0n) is 14.0. The minimum absolute atomic E-state index is 0.0644. The highest BCUT2D eigenvalue weighted by molar-refractivity contribution is 5.90. The SMILES string of the molecule is CC[C@@H](N)CNc1nc(-c2cc(C)ccc2O)nc2ccccc12. The van der Waals surface area contributed by atoms with Crippen molar-refractivity contribution in [2.75, 3.05) is 11.9 Å². The van der Waals surface area contributed by atoms with Crippen LogP contribution in [0.25, 0.3) is 22.3 Å². The molecule has 0 amide bonds. The largest absolute Gasteiger partial charge is 0.507 e. The second-order valence-corrected chi connectivity index (χ2v) is 5.98. The molecule has 124 valence electrons. The molecule has 4 N–H and O–H groups in total. The third-order valence-electron chi connectivity index (χ3n) is 4.05. The van der Waals surface area contributed by atoms with Crippen molar-refractivity contribution in [2.45, 2.75) is 26.3 Å². The molecule has 0 unspecified atom stereocenters. The predicted molar refractivity (Wildman–Crippen MR) is 98.1 cm³/mol. The topological polar surface area (TPSA) is 84.1 Å². The number of aryl methyl sites for hydroxylation is 1. The molecular formula is C19H22N4O. The van der Waals surface area contributed by atoms with Crippen molar-refractivity contribution < 1.29 is 5.11 Å². The summed E-state index contributed by atoms with van der Waals surface area (Å²) in [7, 11) is 0. The van der Waals surface area contributed by atoms with Crippen molar-refractivity contribution in [1.29, 1.82) is 0 Å². The number of hydrogen-bond acceptors (Lipinski definition) is 5. The third kappa shape index (κ3) is 3.31. The van der Waals surface area contributed by atoms with E-state index in [0.29, 0.717) is 17.9 Å². The molecule has 1 atom stereocenters. The lowest BCUT2D eigenvalue weighted by Gasteiger charge is -2.14. The fourth-order valence-corrected chi connectivity index (χ4v) is 2.53. The molecule has 0 radical (unpaired) electrons. The second-order valence-electron chi connectivity index (χ2n) is 5.98. The van der Waals surface area contributed by atoms with Gasteiger partial charge in [0.1, 0.15) is 11.6 Å². The number of phenols is 1. The molecule has 1 aromatic heterocycles. The van der Waals surface area contributed by atoms with E-state index in [4.69, 9.17) is 5.73 Å². The van der Waals surface area contributed by atoms with Crippen LogP contribution in [0.5, 0.6) is 5.75 Å². The summed E-state index contributed by atoms with van der Waals surface area (Å²) in [6.45, 7) is 4.67. The molecule has 0 spiro atoms. The predicted octanol–water partition coefficient (Wildman–Crippen LogP) is 3.46. The number of anilines is 1. The number of nitrogens with one attached hydrogen (secondary N) is 1. The summed E-state index contributed by atoms with van der Waals surface area (Å²) >= 11 is 0. The van der Waals surface area contributed by atoms with Gasteiger partial charge in [0.15, 0.2) is 5.82 Å². The first-order chi connectivity index (χ1) is 11.6. The van der Waals surface area contributed by atoms with Gasteiger partial charge in [0.05, 0.1) is 11.1 Å². The quantitative estimate of drug-likeness (QED) is 0.670. The first-order valence-electron chi connectivity index (χ1n) is 8.14. The molecule has 3 aromatic rings. The summed E-state index contributed by atoms with van der Waals surface area (Å²) in [4.78, 5) is 9.25. The van der Waals surface area contributed by atoms with E-state index >= 15 is 0 Å². The van der Waals surface area contributed by atoms with Crippen molar-refractivity contribution in [3.63, 3.8) is 0 Å². The summed E-state index contributed by atoms with van der Waals surface area (Å²) in [5.74, 6) is 1.41. The van der Waals surface area contributed by atoms with E-state index < -0.39 is 0 Å². The van der Waals surface area contributed by atoms with Crippen LogP contribution in [0.2, 0.25) is 0 Å². The Hall–Kier alpha value is -2.66. The first kappa shape index (κ1) is 16.2. The Morgan fingerprint density at radius 3 is 2.75 bits per heavy atom. The smallest absolute Gasteiger partial charge is 0.165 e. The molecule has 3 rings (SSSR count). The van der Waals surface area contributed by atoms with Crippen molar-refractivity contribution in [3.05, 3.63) is 48.0 Å². The van der Waals surface area contributed by atoms with Crippen LogP contribution in [0.1, 0.15) is 18.9 Å². The summed E-state index contributed by atoms with van der Waals surface area (Å²) < 4.78 is 0. The van der Waals surface area contributed by atoms with Crippen molar-refractivity contribution in [2.24, 2.45) is 5.73 Å². The highest BCUT2D eigenvalue weighted by Crippen LogP contribution is 2.30. The number of hydrogen-bond donors (Lipinski definition) is 3. The number of fused-ring (bicyclic) bond motifs is 1. The number of rotatable bonds is 5. The van der Waals surface area contributed by atoms with Crippen molar-refractivity contribution >= 4 is 16.7 Å². The van der Waals surface area contributed by atoms with Crippen LogP contribution in [-0.2, 0) is 0 Å². The molecule has 0 saturated heterocycles. The molecular weight excluding hydrogens is 300 g/mol. The zero-order chi connectivity index (χ0) is 17.1. The standard InChI is InChI=1S/C19H22N4O/c1-3-13(20)11-21-18-14-6-4-5-7-16(14)22-19(23-18)15-10-12(2)8-9-17(15)24/h4-10,13,24H,3,11,20H2,1-2H3,(H,21,22,23)/t13-/m1/s1. The summed E-state index contributed by atoms with van der Waals surface area (Å²) in [6, 6.07) is 13.3.